The topological polar surface area (TPSA) is 77.8 Å². The van der Waals surface area contributed by atoms with Gasteiger partial charge in [-0.25, -0.2) is 4.79 Å². The summed E-state index contributed by atoms with van der Waals surface area (Å²) in [5.74, 6) is -1.78. The molecule has 0 aromatic heterocycles. The average Bonchev–Trinajstić information content (AvgIpc) is 2.29. The summed E-state index contributed by atoms with van der Waals surface area (Å²) in [6, 6.07) is 9.34. The number of carboxylic acid groups (broad SMARTS) is 1. The number of aliphatic hydroxyl groups excluding tert-OH is 1. The van der Waals surface area contributed by atoms with Crippen molar-refractivity contribution in [3.8, 4) is 0 Å². The molecule has 92 valence electrons. The van der Waals surface area contributed by atoms with Crippen molar-refractivity contribution in [1.82, 2.24) is 4.90 Å². The van der Waals surface area contributed by atoms with Crippen LogP contribution in [0.2, 0.25) is 0 Å². The Morgan fingerprint density at radius 1 is 1.29 bits per heavy atom. The first-order valence-corrected chi connectivity index (χ1v) is 5.19. The van der Waals surface area contributed by atoms with Crippen molar-refractivity contribution in [2.45, 2.75) is 19.1 Å². The van der Waals surface area contributed by atoms with Gasteiger partial charge in [-0.3, -0.25) is 4.79 Å². The summed E-state index contributed by atoms with van der Waals surface area (Å²) >= 11 is 0. The second-order valence-corrected chi connectivity index (χ2v) is 3.79. The molecule has 0 spiro atoms. The van der Waals surface area contributed by atoms with Crippen LogP contribution in [0.25, 0.3) is 0 Å². The molecule has 0 bridgehead atoms. The van der Waals surface area contributed by atoms with Crippen molar-refractivity contribution in [1.29, 1.82) is 0 Å². The van der Waals surface area contributed by atoms with Gasteiger partial charge < -0.3 is 15.1 Å². The van der Waals surface area contributed by atoms with Gasteiger partial charge in [-0.05, 0) is 5.56 Å². The first-order chi connectivity index (χ1) is 8.00. The lowest BCUT2D eigenvalue weighted by molar-refractivity contribution is -0.150. The van der Waals surface area contributed by atoms with Crippen LogP contribution >= 0.6 is 0 Å². The van der Waals surface area contributed by atoms with Gasteiger partial charge in [0, 0.05) is 13.6 Å². The van der Waals surface area contributed by atoms with Gasteiger partial charge in [-0.15, -0.1) is 0 Å². The van der Waals surface area contributed by atoms with Gasteiger partial charge in [0.1, 0.15) is 0 Å². The van der Waals surface area contributed by atoms with Crippen LogP contribution in [0.15, 0.2) is 30.3 Å². The fourth-order valence-electron chi connectivity index (χ4n) is 1.35. The molecule has 5 nitrogen and oxygen atoms in total. The van der Waals surface area contributed by atoms with Gasteiger partial charge in [-0.1, -0.05) is 30.3 Å². The van der Waals surface area contributed by atoms with E-state index >= 15 is 0 Å². The first-order valence-electron chi connectivity index (χ1n) is 5.19. The third-order valence-corrected chi connectivity index (χ3v) is 2.34. The molecular formula is C12H15NO4. The summed E-state index contributed by atoms with van der Waals surface area (Å²) in [6.07, 6.45) is -2.04. The summed E-state index contributed by atoms with van der Waals surface area (Å²) in [5, 5.41) is 17.5. The number of aliphatic carboxylic acids is 1. The van der Waals surface area contributed by atoms with Crippen molar-refractivity contribution in [2.75, 3.05) is 7.05 Å². The van der Waals surface area contributed by atoms with E-state index in [0.717, 1.165) is 5.56 Å². The predicted octanol–water partition coefficient (Wildman–Crippen LogP) is 0.481. The molecule has 1 unspecified atom stereocenters. The standard InChI is InChI=1S/C12H15NO4/c1-13(8-9-5-3-2-4-6-9)11(15)7-10(14)12(16)17/h2-6,10,14H,7-8H2,1H3,(H,16,17). The van der Waals surface area contributed by atoms with Gasteiger partial charge in [-0.2, -0.15) is 0 Å². The lowest BCUT2D eigenvalue weighted by Crippen LogP contribution is -2.32. The van der Waals surface area contributed by atoms with E-state index < -0.39 is 24.4 Å². The SMILES string of the molecule is CN(Cc1ccccc1)C(=O)CC(O)C(=O)O. The molecule has 2 N–H and O–H groups in total. The minimum atomic E-state index is -1.64. The summed E-state index contributed by atoms with van der Waals surface area (Å²) < 4.78 is 0. The Labute approximate surface area is 99.3 Å². The van der Waals surface area contributed by atoms with Crippen molar-refractivity contribution in [3.05, 3.63) is 35.9 Å². The maximum atomic E-state index is 11.6. The van der Waals surface area contributed by atoms with Crippen LogP contribution in [0.4, 0.5) is 0 Å². The van der Waals surface area contributed by atoms with E-state index in [9.17, 15) is 9.59 Å². The largest absolute Gasteiger partial charge is 0.479 e. The molecule has 1 amide bonds. The molecule has 1 aromatic rings. The number of rotatable bonds is 5. The minimum absolute atomic E-state index is 0.395. The molecular weight excluding hydrogens is 222 g/mol. The summed E-state index contributed by atoms with van der Waals surface area (Å²) in [6.45, 7) is 0.395. The number of carboxylic acids is 1. The van der Waals surface area contributed by atoms with Crippen LogP contribution in [0, 0.1) is 0 Å². The van der Waals surface area contributed by atoms with E-state index in [1.807, 2.05) is 30.3 Å². The zero-order valence-corrected chi connectivity index (χ0v) is 9.54. The van der Waals surface area contributed by atoms with Crippen LogP contribution in [0.3, 0.4) is 0 Å². The maximum absolute atomic E-state index is 11.6. The summed E-state index contributed by atoms with van der Waals surface area (Å²) in [4.78, 5) is 23.4. The highest BCUT2D eigenvalue weighted by atomic mass is 16.4. The highest BCUT2D eigenvalue weighted by Gasteiger charge is 2.20. The Bertz CT molecular complexity index is 391. The number of amides is 1. The second kappa shape index (κ2) is 6.00. The van der Waals surface area contributed by atoms with Crippen LogP contribution in [-0.4, -0.2) is 40.1 Å². The number of benzene rings is 1. The molecule has 0 fully saturated rings. The van der Waals surface area contributed by atoms with Crippen molar-refractivity contribution in [2.24, 2.45) is 0 Å². The number of carbonyl (C=O) groups excluding carboxylic acids is 1. The molecule has 1 atom stereocenters. The average molecular weight is 237 g/mol. The molecule has 0 radical (unpaired) electrons. The lowest BCUT2D eigenvalue weighted by atomic mass is 10.2. The fourth-order valence-corrected chi connectivity index (χ4v) is 1.35. The number of hydrogen-bond acceptors (Lipinski definition) is 3. The third kappa shape index (κ3) is 4.24. The van der Waals surface area contributed by atoms with Gasteiger partial charge in [0.25, 0.3) is 0 Å². The predicted molar refractivity (Wildman–Crippen MR) is 61.2 cm³/mol. The van der Waals surface area contributed by atoms with E-state index in [0.29, 0.717) is 6.54 Å². The molecule has 0 saturated carbocycles. The van der Waals surface area contributed by atoms with Gasteiger partial charge >= 0.3 is 5.97 Å². The quantitative estimate of drug-likeness (QED) is 0.780. The van der Waals surface area contributed by atoms with Gasteiger partial charge in [0.2, 0.25) is 5.91 Å². The zero-order chi connectivity index (χ0) is 12.8. The number of hydrogen-bond donors (Lipinski definition) is 2. The summed E-state index contributed by atoms with van der Waals surface area (Å²) in [7, 11) is 1.57. The molecule has 17 heavy (non-hydrogen) atoms. The number of nitrogens with zero attached hydrogens (tertiary/aromatic N) is 1. The molecule has 1 rings (SSSR count). The van der Waals surface area contributed by atoms with Gasteiger partial charge in [0.15, 0.2) is 6.10 Å². The summed E-state index contributed by atoms with van der Waals surface area (Å²) in [5.41, 5.74) is 0.952. The Morgan fingerprint density at radius 3 is 2.41 bits per heavy atom. The van der Waals surface area contributed by atoms with Gasteiger partial charge in [0.05, 0.1) is 6.42 Å². The Hall–Kier alpha value is -1.88. The monoisotopic (exact) mass is 237 g/mol. The number of aliphatic hydroxyl groups is 1. The van der Waals surface area contributed by atoms with E-state index in [4.69, 9.17) is 10.2 Å². The normalized spacial score (nSPS) is 11.9. The third-order valence-electron chi connectivity index (χ3n) is 2.34. The molecule has 0 heterocycles. The first kappa shape index (κ1) is 13.2. The number of carbonyl (C=O) groups is 2. The second-order valence-electron chi connectivity index (χ2n) is 3.79. The Morgan fingerprint density at radius 2 is 1.88 bits per heavy atom. The zero-order valence-electron chi connectivity index (χ0n) is 9.54. The van der Waals surface area contributed by atoms with Crippen LogP contribution < -0.4 is 0 Å². The van der Waals surface area contributed by atoms with Crippen LogP contribution in [-0.2, 0) is 16.1 Å². The van der Waals surface area contributed by atoms with E-state index in [2.05, 4.69) is 0 Å². The van der Waals surface area contributed by atoms with E-state index in [-0.39, 0.29) is 0 Å². The smallest absolute Gasteiger partial charge is 0.333 e. The molecule has 0 aliphatic carbocycles. The van der Waals surface area contributed by atoms with Crippen LogP contribution in [0.5, 0.6) is 0 Å². The molecule has 0 saturated heterocycles. The molecule has 1 aromatic carbocycles. The lowest BCUT2D eigenvalue weighted by Gasteiger charge is -2.18. The maximum Gasteiger partial charge on any atom is 0.333 e. The minimum Gasteiger partial charge on any atom is -0.479 e. The Balaban J connectivity index is 2.50. The van der Waals surface area contributed by atoms with Crippen LogP contribution in [0.1, 0.15) is 12.0 Å². The molecule has 0 aliphatic heterocycles. The fraction of sp³-hybridized carbons (Fsp3) is 0.333. The molecule has 0 aliphatic rings. The Kier molecular flexibility index (Phi) is 4.66. The van der Waals surface area contributed by atoms with Crippen molar-refractivity contribution >= 4 is 11.9 Å². The van der Waals surface area contributed by atoms with Crippen molar-refractivity contribution in [3.63, 3.8) is 0 Å². The highest BCUT2D eigenvalue weighted by molar-refractivity contribution is 5.83. The van der Waals surface area contributed by atoms with E-state index in [1.54, 1.807) is 7.05 Å². The van der Waals surface area contributed by atoms with Crippen molar-refractivity contribution < 1.29 is 19.8 Å². The highest BCUT2D eigenvalue weighted by Crippen LogP contribution is 2.05. The van der Waals surface area contributed by atoms with E-state index in [1.165, 1.54) is 4.90 Å². The molecule has 5 heteroatoms.